The van der Waals surface area contributed by atoms with E-state index in [-0.39, 0.29) is 6.61 Å². The van der Waals surface area contributed by atoms with Gasteiger partial charge in [-0.15, -0.1) is 6.58 Å². The van der Waals surface area contributed by atoms with E-state index in [1.54, 1.807) is 0 Å². The topological polar surface area (TPSA) is 20.2 Å². The van der Waals surface area contributed by atoms with Gasteiger partial charge in [-0.25, -0.2) is 0 Å². The summed E-state index contributed by atoms with van der Waals surface area (Å²) in [5, 5.41) is 8.76. The van der Waals surface area contributed by atoms with E-state index < -0.39 is 0 Å². The fourth-order valence-corrected chi connectivity index (χ4v) is 1.38. The second-order valence-corrected chi connectivity index (χ2v) is 3.35. The second kappa shape index (κ2) is 9.53. The fraction of sp³-hybridized carbons (Fsp3) is 0.667. The fourth-order valence-electron chi connectivity index (χ4n) is 1.38. The molecule has 1 N–H and O–H groups in total. The number of aliphatic hydroxyl groups is 1. The Bertz CT molecular complexity index is 147. The van der Waals surface area contributed by atoms with E-state index in [0.29, 0.717) is 0 Å². The number of hydrogen-bond donors (Lipinski definition) is 1. The molecule has 0 aromatic carbocycles. The summed E-state index contributed by atoms with van der Waals surface area (Å²) in [7, 11) is 0. The van der Waals surface area contributed by atoms with Crippen molar-refractivity contribution in [1.29, 1.82) is 0 Å². The minimum atomic E-state index is 0.164. The monoisotopic (exact) mass is 182 g/mol. The first-order valence-electron chi connectivity index (χ1n) is 5.24. The highest BCUT2D eigenvalue weighted by atomic mass is 16.2. The van der Waals surface area contributed by atoms with Crippen molar-refractivity contribution in [3.63, 3.8) is 0 Å². The van der Waals surface area contributed by atoms with Gasteiger partial charge in [-0.3, -0.25) is 0 Å². The van der Waals surface area contributed by atoms with Crippen LogP contribution in [0.1, 0.15) is 45.4 Å². The Morgan fingerprint density at radius 3 is 2.62 bits per heavy atom. The molecule has 76 valence electrons. The molecule has 0 aromatic rings. The van der Waals surface area contributed by atoms with Crippen LogP contribution in [-0.2, 0) is 0 Å². The molecule has 0 bridgehead atoms. The van der Waals surface area contributed by atoms with Crippen LogP contribution in [0.2, 0.25) is 0 Å². The molecule has 1 nitrogen and oxygen atoms in total. The van der Waals surface area contributed by atoms with Crippen molar-refractivity contribution in [2.24, 2.45) is 0 Å². The third kappa shape index (κ3) is 7.79. The molecule has 13 heavy (non-hydrogen) atoms. The highest BCUT2D eigenvalue weighted by Gasteiger charge is 1.94. The van der Waals surface area contributed by atoms with Crippen LogP contribution in [0.4, 0.5) is 0 Å². The SMILES string of the molecule is C=CC/C(=C/CO)CCCCCC. The van der Waals surface area contributed by atoms with Crippen LogP contribution in [-0.4, -0.2) is 11.7 Å². The third-order valence-corrected chi connectivity index (χ3v) is 2.14. The van der Waals surface area contributed by atoms with Gasteiger partial charge in [0.2, 0.25) is 0 Å². The standard InChI is InChI=1S/C12H22O/c1-3-5-6-7-9-12(8-4-2)10-11-13/h4,10,13H,2-3,5-9,11H2,1H3/b12-10-. The minimum absolute atomic E-state index is 0.164. The number of unbranched alkanes of at least 4 members (excludes halogenated alkanes) is 3. The maximum Gasteiger partial charge on any atom is 0.0615 e. The summed E-state index contributed by atoms with van der Waals surface area (Å²) in [5.41, 5.74) is 1.33. The van der Waals surface area contributed by atoms with Crippen molar-refractivity contribution in [3.8, 4) is 0 Å². The normalized spacial score (nSPS) is 11.7. The van der Waals surface area contributed by atoms with Gasteiger partial charge < -0.3 is 5.11 Å². The van der Waals surface area contributed by atoms with Gasteiger partial charge >= 0.3 is 0 Å². The van der Waals surface area contributed by atoms with Crippen molar-refractivity contribution >= 4 is 0 Å². The molecule has 0 unspecified atom stereocenters. The van der Waals surface area contributed by atoms with Gasteiger partial charge in [0.05, 0.1) is 6.61 Å². The Morgan fingerprint density at radius 1 is 1.31 bits per heavy atom. The quantitative estimate of drug-likeness (QED) is 0.450. The lowest BCUT2D eigenvalue weighted by atomic mass is 10.0. The maximum absolute atomic E-state index is 8.76. The van der Waals surface area contributed by atoms with Crippen LogP contribution in [0.25, 0.3) is 0 Å². The van der Waals surface area contributed by atoms with E-state index in [4.69, 9.17) is 5.11 Å². The molecule has 1 heteroatoms. The molecule has 0 saturated carbocycles. The number of hydrogen-bond acceptors (Lipinski definition) is 1. The smallest absolute Gasteiger partial charge is 0.0615 e. The van der Waals surface area contributed by atoms with Crippen LogP contribution in [0.15, 0.2) is 24.3 Å². The van der Waals surface area contributed by atoms with Gasteiger partial charge in [0.1, 0.15) is 0 Å². The second-order valence-electron chi connectivity index (χ2n) is 3.35. The minimum Gasteiger partial charge on any atom is -0.392 e. The average Bonchev–Trinajstić information content (AvgIpc) is 2.13. The van der Waals surface area contributed by atoms with Crippen LogP contribution >= 0.6 is 0 Å². The zero-order valence-electron chi connectivity index (χ0n) is 8.76. The zero-order chi connectivity index (χ0) is 9.94. The van der Waals surface area contributed by atoms with Crippen molar-refractivity contribution in [3.05, 3.63) is 24.3 Å². The molecule has 0 fully saturated rings. The maximum atomic E-state index is 8.76. The number of aliphatic hydroxyl groups excluding tert-OH is 1. The van der Waals surface area contributed by atoms with Crippen molar-refractivity contribution in [2.75, 3.05) is 6.61 Å². The zero-order valence-corrected chi connectivity index (χ0v) is 8.76. The molecular weight excluding hydrogens is 160 g/mol. The Labute approximate surface area is 82.2 Å². The van der Waals surface area contributed by atoms with Crippen molar-refractivity contribution < 1.29 is 5.11 Å². The predicted octanol–water partition coefficient (Wildman–Crippen LogP) is 3.45. The molecule has 0 aliphatic carbocycles. The lowest BCUT2D eigenvalue weighted by Gasteiger charge is -2.03. The van der Waals surface area contributed by atoms with E-state index in [1.165, 1.54) is 31.3 Å². The van der Waals surface area contributed by atoms with Gasteiger partial charge in [0.25, 0.3) is 0 Å². The highest BCUT2D eigenvalue weighted by molar-refractivity contribution is 5.06. The highest BCUT2D eigenvalue weighted by Crippen LogP contribution is 2.13. The summed E-state index contributed by atoms with van der Waals surface area (Å²) in [6.45, 7) is 6.08. The van der Waals surface area contributed by atoms with Gasteiger partial charge in [-0.05, 0) is 19.3 Å². The average molecular weight is 182 g/mol. The summed E-state index contributed by atoms with van der Waals surface area (Å²) >= 11 is 0. The summed E-state index contributed by atoms with van der Waals surface area (Å²) in [5.74, 6) is 0. The molecule has 0 aromatic heterocycles. The van der Waals surface area contributed by atoms with Crippen molar-refractivity contribution in [2.45, 2.75) is 45.4 Å². The van der Waals surface area contributed by atoms with Gasteiger partial charge in [-0.2, -0.15) is 0 Å². The molecule has 0 spiro atoms. The van der Waals surface area contributed by atoms with Crippen LogP contribution < -0.4 is 0 Å². The molecule has 0 amide bonds. The van der Waals surface area contributed by atoms with E-state index in [1.807, 2.05) is 12.2 Å². The molecule has 0 aliphatic rings. The Kier molecular flexibility index (Phi) is 9.12. The van der Waals surface area contributed by atoms with Crippen molar-refractivity contribution in [1.82, 2.24) is 0 Å². The summed E-state index contributed by atoms with van der Waals surface area (Å²) in [4.78, 5) is 0. The molecular formula is C12H22O. The Morgan fingerprint density at radius 2 is 2.08 bits per heavy atom. The summed E-state index contributed by atoms with van der Waals surface area (Å²) in [6, 6.07) is 0. The van der Waals surface area contributed by atoms with Gasteiger partial charge in [0.15, 0.2) is 0 Å². The van der Waals surface area contributed by atoms with Crippen LogP contribution in [0.5, 0.6) is 0 Å². The summed E-state index contributed by atoms with van der Waals surface area (Å²) < 4.78 is 0. The molecule has 0 saturated heterocycles. The molecule has 0 atom stereocenters. The lowest BCUT2D eigenvalue weighted by Crippen LogP contribution is -1.86. The summed E-state index contributed by atoms with van der Waals surface area (Å²) in [6.07, 6.45) is 11.0. The van der Waals surface area contributed by atoms with Gasteiger partial charge in [0, 0.05) is 0 Å². The molecule has 0 heterocycles. The third-order valence-electron chi connectivity index (χ3n) is 2.14. The Balaban J connectivity index is 3.57. The molecule has 0 radical (unpaired) electrons. The number of rotatable bonds is 8. The first kappa shape index (κ1) is 12.4. The van der Waals surface area contributed by atoms with E-state index in [9.17, 15) is 0 Å². The molecule has 0 aliphatic heterocycles. The predicted molar refractivity (Wildman–Crippen MR) is 58.7 cm³/mol. The van der Waals surface area contributed by atoms with E-state index in [0.717, 1.165) is 12.8 Å². The van der Waals surface area contributed by atoms with Crippen LogP contribution in [0, 0.1) is 0 Å². The van der Waals surface area contributed by atoms with E-state index >= 15 is 0 Å². The Hall–Kier alpha value is -0.560. The first-order valence-corrected chi connectivity index (χ1v) is 5.24. The number of allylic oxidation sites excluding steroid dienone is 2. The molecule has 0 rings (SSSR count). The van der Waals surface area contributed by atoms with Crippen LogP contribution in [0.3, 0.4) is 0 Å². The van der Waals surface area contributed by atoms with Gasteiger partial charge in [-0.1, -0.05) is 43.9 Å². The first-order chi connectivity index (χ1) is 6.35. The largest absolute Gasteiger partial charge is 0.392 e. The lowest BCUT2D eigenvalue weighted by molar-refractivity contribution is 0.341. The van der Waals surface area contributed by atoms with E-state index in [2.05, 4.69) is 13.5 Å².